The predicted octanol–water partition coefficient (Wildman–Crippen LogP) is 1.93. The molecule has 0 aromatic carbocycles. The molecule has 0 aliphatic carbocycles. The van der Waals surface area contributed by atoms with Gasteiger partial charge in [-0.25, -0.2) is 0 Å². The Morgan fingerprint density at radius 3 is 2.67 bits per heavy atom. The Bertz CT molecular complexity index is 105. The molecular weight excluding hydrogens is 110 g/mol. The summed E-state index contributed by atoms with van der Waals surface area (Å²) in [6.07, 6.45) is 1.93. The molecule has 0 amide bonds. The van der Waals surface area contributed by atoms with Gasteiger partial charge in [-0.15, -0.1) is 6.58 Å². The van der Waals surface area contributed by atoms with Crippen LogP contribution < -0.4 is 5.32 Å². The Kier molecular flexibility index (Phi) is 3.85. The number of rotatable bonds is 4. The van der Waals surface area contributed by atoms with Crippen molar-refractivity contribution in [2.45, 2.75) is 13.8 Å². The first-order chi connectivity index (χ1) is 4.16. The molecule has 1 heteroatoms. The van der Waals surface area contributed by atoms with Crippen molar-refractivity contribution in [1.82, 2.24) is 5.32 Å². The average Bonchev–Trinajstić information content (AvgIpc) is 1.83. The SMILES string of the molecule is C=CC(C)CNC(=C)C. The van der Waals surface area contributed by atoms with E-state index in [2.05, 4.69) is 25.4 Å². The minimum Gasteiger partial charge on any atom is -0.388 e. The van der Waals surface area contributed by atoms with Crippen LogP contribution in [0.15, 0.2) is 24.9 Å². The van der Waals surface area contributed by atoms with Crippen molar-refractivity contribution in [3.8, 4) is 0 Å². The van der Waals surface area contributed by atoms with Gasteiger partial charge >= 0.3 is 0 Å². The second kappa shape index (κ2) is 4.19. The maximum atomic E-state index is 3.72. The lowest BCUT2D eigenvalue weighted by Gasteiger charge is -2.07. The van der Waals surface area contributed by atoms with Gasteiger partial charge in [-0.2, -0.15) is 0 Å². The quantitative estimate of drug-likeness (QED) is 0.566. The van der Waals surface area contributed by atoms with E-state index >= 15 is 0 Å². The molecule has 0 radical (unpaired) electrons. The summed E-state index contributed by atoms with van der Waals surface area (Å²) >= 11 is 0. The van der Waals surface area contributed by atoms with Crippen LogP contribution in [0, 0.1) is 5.92 Å². The van der Waals surface area contributed by atoms with Gasteiger partial charge in [-0.1, -0.05) is 19.6 Å². The summed E-state index contributed by atoms with van der Waals surface area (Å²) in [5, 5.41) is 3.13. The highest BCUT2D eigenvalue weighted by molar-refractivity contribution is 4.87. The van der Waals surface area contributed by atoms with Gasteiger partial charge in [-0.05, 0) is 12.8 Å². The topological polar surface area (TPSA) is 12.0 Å². The van der Waals surface area contributed by atoms with Crippen LogP contribution in [0.2, 0.25) is 0 Å². The van der Waals surface area contributed by atoms with E-state index in [1.165, 1.54) is 0 Å². The first-order valence-corrected chi connectivity index (χ1v) is 3.18. The van der Waals surface area contributed by atoms with Crippen LogP contribution >= 0.6 is 0 Å². The zero-order valence-electron chi connectivity index (χ0n) is 6.28. The van der Waals surface area contributed by atoms with E-state index in [-0.39, 0.29) is 0 Å². The molecular formula is C8H15N. The van der Waals surface area contributed by atoms with Crippen LogP contribution in [-0.2, 0) is 0 Å². The summed E-state index contributed by atoms with van der Waals surface area (Å²) in [5.41, 5.74) is 1.02. The van der Waals surface area contributed by atoms with E-state index in [9.17, 15) is 0 Å². The summed E-state index contributed by atoms with van der Waals surface area (Å²) in [6.45, 7) is 12.4. The van der Waals surface area contributed by atoms with Gasteiger partial charge in [0.1, 0.15) is 0 Å². The van der Waals surface area contributed by atoms with Crippen LogP contribution in [0.25, 0.3) is 0 Å². The van der Waals surface area contributed by atoms with Crippen LogP contribution in [0.4, 0.5) is 0 Å². The third kappa shape index (κ3) is 5.15. The van der Waals surface area contributed by atoms with Crippen molar-refractivity contribution in [2.24, 2.45) is 5.92 Å². The van der Waals surface area contributed by atoms with E-state index in [1.807, 2.05) is 13.0 Å². The molecule has 1 unspecified atom stereocenters. The Morgan fingerprint density at radius 1 is 1.78 bits per heavy atom. The van der Waals surface area contributed by atoms with Gasteiger partial charge in [0.25, 0.3) is 0 Å². The smallest absolute Gasteiger partial charge is 0.0203 e. The fourth-order valence-corrected chi connectivity index (χ4v) is 0.419. The molecule has 0 aromatic rings. The highest BCUT2D eigenvalue weighted by Gasteiger charge is 1.92. The van der Waals surface area contributed by atoms with Gasteiger partial charge in [0, 0.05) is 12.2 Å². The summed E-state index contributed by atoms with van der Waals surface area (Å²) < 4.78 is 0. The molecule has 0 aliphatic rings. The Labute approximate surface area is 57.5 Å². The second-order valence-electron chi connectivity index (χ2n) is 2.37. The molecule has 0 rings (SSSR count). The standard InChI is InChI=1S/C8H15N/c1-5-8(4)6-9-7(2)3/h5,8-9H,1-2,6H2,3-4H3. The van der Waals surface area contributed by atoms with Gasteiger partial charge in [0.05, 0.1) is 0 Å². The van der Waals surface area contributed by atoms with Crippen molar-refractivity contribution in [1.29, 1.82) is 0 Å². The molecule has 0 bridgehead atoms. The first kappa shape index (κ1) is 8.28. The molecule has 1 atom stereocenters. The molecule has 9 heavy (non-hydrogen) atoms. The van der Waals surface area contributed by atoms with Crippen LogP contribution in [0.5, 0.6) is 0 Å². The molecule has 0 fully saturated rings. The minimum absolute atomic E-state index is 0.529. The molecule has 1 N–H and O–H groups in total. The van der Waals surface area contributed by atoms with Crippen molar-refractivity contribution in [3.05, 3.63) is 24.9 Å². The fourth-order valence-electron chi connectivity index (χ4n) is 0.419. The lowest BCUT2D eigenvalue weighted by molar-refractivity contribution is 0.653. The maximum Gasteiger partial charge on any atom is 0.0203 e. The highest BCUT2D eigenvalue weighted by Crippen LogP contribution is 1.92. The largest absolute Gasteiger partial charge is 0.388 e. The number of hydrogen-bond donors (Lipinski definition) is 1. The monoisotopic (exact) mass is 125 g/mol. The van der Waals surface area contributed by atoms with Crippen molar-refractivity contribution >= 4 is 0 Å². The lowest BCUT2D eigenvalue weighted by Crippen LogP contribution is -2.16. The van der Waals surface area contributed by atoms with Crippen LogP contribution in [-0.4, -0.2) is 6.54 Å². The van der Waals surface area contributed by atoms with Gasteiger partial charge in [0.2, 0.25) is 0 Å². The molecule has 0 spiro atoms. The number of nitrogens with one attached hydrogen (secondary N) is 1. The summed E-state index contributed by atoms with van der Waals surface area (Å²) in [7, 11) is 0. The first-order valence-electron chi connectivity index (χ1n) is 3.18. The van der Waals surface area contributed by atoms with E-state index in [1.54, 1.807) is 0 Å². The van der Waals surface area contributed by atoms with Gasteiger partial charge in [0.15, 0.2) is 0 Å². The maximum absolute atomic E-state index is 3.72. The molecule has 52 valence electrons. The van der Waals surface area contributed by atoms with Crippen molar-refractivity contribution in [3.63, 3.8) is 0 Å². The summed E-state index contributed by atoms with van der Waals surface area (Å²) in [5.74, 6) is 0.529. The zero-order chi connectivity index (χ0) is 7.28. The Hall–Kier alpha value is -0.720. The van der Waals surface area contributed by atoms with E-state index in [0.29, 0.717) is 5.92 Å². The Balaban J connectivity index is 3.26. The highest BCUT2D eigenvalue weighted by atomic mass is 14.9. The average molecular weight is 125 g/mol. The third-order valence-electron chi connectivity index (χ3n) is 1.13. The molecule has 0 aromatic heterocycles. The molecule has 1 nitrogen and oxygen atoms in total. The van der Waals surface area contributed by atoms with E-state index in [0.717, 1.165) is 12.2 Å². The van der Waals surface area contributed by atoms with E-state index in [4.69, 9.17) is 0 Å². The van der Waals surface area contributed by atoms with E-state index < -0.39 is 0 Å². The zero-order valence-corrected chi connectivity index (χ0v) is 6.28. The van der Waals surface area contributed by atoms with Gasteiger partial charge < -0.3 is 5.32 Å². The summed E-state index contributed by atoms with van der Waals surface area (Å²) in [6, 6.07) is 0. The minimum atomic E-state index is 0.529. The third-order valence-corrected chi connectivity index (χ3v) is 1.13. The normalized spacial score (nSPS) is 12.2. The molecule has 0 aliphatic heterocycles. The van der Waals surface area contributed by atoms with Gasteiger partial charge in [-0.3, -0.25) is 0 Å². The molecule has 0 heterocycles. The number of allylic oxidation sites excluding steroid dienone is 1. The van der Waals surface area contributed by atoms with Crippen LogP contribution in [0.3, 0.4) is 0 Å². The Morgan fingerprint density at radius 2 is 2.33 bits per heavy atom. The van der Waals surface area contributed by atoms with Crippen molar-refractivity contribution < 1.29 is 0 Å². The molecule has 0 saturated carbocycles. The summed E-state index contributed by atoms with van der Waals surface area (Å²) in [4.78, 5) is 0. The van der Waals surface area contributed by atoms with Crippen LogP contribution in [0.1, 0.15) is 13.8 Å². The molecule has 0 saturated heterocycles. The van der Waals surface area contributed by atoms with Crippen molar-refractivity contribution in [2.75, 3.05) is 6.54 Å². The second-order valence-corrected chi connectivity index (χ2v) is 2.37. The lowest BCUT2D eigenvalue weighted by atomic mass is 10.2. The number of hydrogen-bond acceptors (Lipinski definition) is 1. The predicted molar refractivity (Wildman–Crippen MR) is 42.2 cm³/mol. The fraction of sp³-hybridized carbons (Fsp3) is 0.500.